The molecule has 1 aliphatic rings. The lowest BCUT2D eigenvalue weighted by molar-refractivity contribution is -0.116. The molecule has 1 aromatic rings. The number of Topliss-reactive ketones (excluding diaryl/α,β-unsaturated/α-hetero) is 1. The second kappa shape index (κ2) is 2.98. The summed E-state index contributed by atoms with van der Waals surface area (Å²) >= 11 is 0. The number of rotatable bonds is 2. The van der Waals surface area contributed by atoms with Crippen molar-refractivity contribution in [3.05, 3.63) is 17.2 Å². The molecule has 0 unspecified atom stereocenters. The summed E-state index contributed by atoms with van der Waals surface area (Å²) < 4.78 is 2.21. The molecule has 2 heterocycles. The predicted molar refractivity (Wildman–Crippen MR) is 49.7 cm³/mol. The van der Waals surface area contributed by atoms with Gasteiger partial charge in [0.2, 0.25) is 0 Å². The summed E-state index contributed by atoms with van der Waals surface area (Å²) in [6.45, 7) is 4.66. The van der Waals surface area contributed by atoms with Gasteiger partial charge >= 0.3 is 0 Å². The van der Waals surface area contributed by atoms with Crippen LogP contribution >= 0.6 is 0 Å². The van der Waals surface area contributed by atoms with E-state index in [2.05, 4.69) is 9.55 Å². The molecule has 1 aromatic heterocycles. The second-order valence-corrected chi connectivity index (χ2v) is 3.69. The maximum Gasteiger partial charge on any atom is 0.135 e. The zero-order chi connectivity index (χ0) is 9.42. The molecular weight excluding hydrogens is 164 g/mol. The van der Waals surface area contributed by atoms with Crippen LogP contribution in [-0.4, -0.2) is 15.3 Å². The molecule has 0 saturated heterocycles. The molecule has 13 heavy (non-hydrogen) atoms. The maximum absolute atomic E-state index is 11.0. The van der Waals surface area contributed by atoms with E-state index in [4.69, 9.17) is 0 Å². The topological polar surface area (TPSA) is 34.9 Å². The Labute approximate surface area is 77.8 Å². The van der Waals surface area contributed by atoms with E-state index in [1.54, 1.807) is 6.92 Å². The lowest BCUT2D eigenvalue weighted by Gasteiger charge is -2.02. The number of nitrogens with zero attached hydrogens (tertiary/aromatic N) is 2. The van der Waals surface area contributed by atoms with Crippen LogP contribution in [0.4, 0.5) is 0 Å². The summed E-state index contributed by atoms with van der Waals surface area (Å²) in [6, 6.07) is 0. The number of fused-ring (bicyclic) bond motifs is 1. The van der Waals surface area contributed by atoms with Crippen LogP contribution in [0.15, 0.2) is 0 Å². The van der Waals surface area contributed by atoms with E-state index in [0.29, 0.717) is 6.42 Å². The van der Waals surface area contributed by atoms with E-state index in [9.17, 15) is 4.79 Å². The number of hydrogen-bond acceptors (Lipinski definition) is 2. The molecule has 0 amide bonds. The third-order valence-corrected chi connectivity index (χ3v) is 2.55. The summed E-state index contributed by atoms with van der Waals surface area (Å²) in [5.41, 5.74) is 2.16. The van der Waals surface area contributed by atoms with Gasteiger partial charge in [-0.2, -0.15) is 0 Å². The van der Waals surface area contributed by atoms with Gasteiger partial charge < -0.3 is 4.57 Å². The summed E-state index contributed by atoms with van der Waals surface area (Å²) in [7, 11) is 0. The van der Waals surface area contributed by atoms with E-state index in [1.165, 1.54) is 6.42 Å². The van der Waals surface area contributed by atoms with Gasteiger partial charge in [-0.1, -0.05) is 0 Å². The predicted octanol–water partition coefficient (Wildman–Crippen LogP) is 1.27. The number of aryl methyl sites for hydroxylation is 2. The van der Waals surface area contributed by atoms with Gasteiger partial charge in [-0.05, 0) is 20.3 Å². The highest BCUT2D eigenvalue weighted by Gasteiger charge is 2.19. The largest absolute Gasteiger partial charge is 0.331 e. The molecule has 1 aliphatic heterocycles. The Morgan fingerprint density at radius 3 is 3.08 bits per heavy atom. The molecule has 0 bridgehead atoms. The normalized spacial score (nSPS) is 14.6. The smallest absolute Gasteiger partial charge is 0.135 e. The van der Waals surface area contributed by atoms with Gasteiger partial charge in [-0.3, -0.25) is 4.79 Å². The minimum absolute atomic E-state index is 0.220. The van der Waals surface area contributed by atoms with Crippen molar-refractivity contribution < 1.29 is 4.79 Å². The molecule has 0 aliphatic carbocycles. The van der Waals surface area contributed by atoms with Crippen LogP contribution in [0.2, 0.25) is 0 Å². The fourth-order valence-corrected chi connectivity index (χ4v) is 1.98. The van der Waals surface area contributed by atoms with Crippen molar-refractivity contribution in [3.8, 4) is 0 Å². The third-order valence-electron chi connectivity index (χ3n) is 2.55. The minimum Gasteiger partial charge on any atom is -0.331 e. The van der Waals surface area contributed by atoms with Crippen molar-refractivity contribution >= 4 is 5.78 Å². The molecular formula is C10H14N2O. The van der Waals surface area contributed by atoms with Crippen LogP contribution in [0.1, 0.15) is 30.6 Å². The number of carbonyl (C=O) groups is 1. The molecule has 0 atom stereocenters. The zero-order valence-corrected chi connectivity index (χ0v) is 8.13. The average molecular weight is 178 g/mol. The summed E-state index contributed by atoms with van der Waals surface area (Å²) in [6.07, 6.45) is 2.78. The SMILES string of the molecule is CC(=O)Cc1c(C)nc2n1CCC2. The molecule has 0 N–H and O–H groups in total. The minimum atomic E-state index is 0.220. The highest BCUT2D eigenvalue weighted by molar-refractivity contribution is 5.78. The van der Waals surface area contributed by atoms with Crippen molar-refractivity contribution in [1.82, 2.24) is 9.55 Å². The molecule has 0 saturated carbocycles. The number of ketones is 1. The van der Waals surface area contributed by atoms with Crippen molar-refractivity contribution in [3.63, 3.8) is 0 Å². The molecule has 0 fully saturated rings. The highest BCUT2D eigenvalue weighted by Crippen LogP contribution is 2.19. The van der Waals surface area contributed by atoms with Crippen LogP contribution in [0.3, 0.4) is 0 Å². The van der Waals surface area contributed by atoms with Gasteiger partial charge in [0.1, 0.15) is 11.6 Å². The van der Waals surface area contributed by atoms with Crippen LogP contribution in [0.25, 0.3) is 0 Å². The highest BCUT2D eigenvalue weighted by atomic mass is 16.1. The summed E-state index contributed by atoms with van der Waals surface area (Å²) in [5, 5.41) is 0. The molecule has 0 spiro atoms. The average Bonchev–Trinajstić information content (AvgIpc) is 2.55. The van der Waals surface area contributed by atoms with Gasteiger partial charge in [0.25, 0.3) is 0 Å². The zero-order valence-electron chi connectivity index (χ0n) is 8.13. The van der Waals surface area contributed by atoms with Crippen molar-refractivity contribution in [2.24, 2.45) is 0 Å². The summed E-state index contributed by atoms with van der Waals surface area (Å²) in [5.74, 6) is 1.38. The van der Waals surface area contributed by atoms with E-state index in [0.717, 1.165) is 30.2 Å². The Bertz CT molecular complexity index is 352. The lowest BCUT2D eigenvalue weighted by atomic mass is 10.2. The Hall–Kier alpha value is -1.12. The van der Waals surface area contributed by atoms with Crippen molar-refractivity contribution in [2.45, 2.75) is 39.7 Å². The lowest BCUT2D eigenvalue weighted by Crippen LogP contribution is -2.05. The standard InChI is InChI=1S/C10H14N2O/c1-7(13)6-9-8(2)11-10-4-3-5-12(9)10/h3-6H2,1-2H3. The molecule has 0 aromatic carbocycles. The van der Waals surface area contributed by atoms with Gasteiger partial charge in [0.05, 0.1) is 5.69 Å². The number of imidazole rings is 1. The van der Waals surface area contributed by atoms with Gasteiger partial charge in [-0.25, -0.2) is 4.98 Å². The van der Waals surface area contributed by atoms with E-state index in [1.807, 2.05) is 6.92 Å². The first-order valence-corrected chi connectivity index (χ1v) is 4.73. The maximum atomic E-state index is 11.0. The van der Waals surface area contributed by atoms with Crippen LogP contribution in [-0.2, 0) is 24.2 Å². The third kappa shape index (κ3) is 1.39. The van der Waals surface area contributed by atoms with E-state index >= 15 is 0 Å². The fourth-order valence-electron chi connectivity index (χ4n) is 1.98. The van der Waals surface area contributed by atoms with E-state index < -0.39 is 0 Å². The van der Waals surface area contributed by atoms with E-state index in [-0.39, 0.29) is 5.78 Å². The molecule has 3 heteroatoms. The molecule has 3 nitrogen and oxygen atoms in total. The number of aromatic nitrogens is 2. The second-order valence-electron chi connectivity index (χ2n) is 3.69. The molecule has 0 radical (unpaired) electrons. The number of hydrogen-bond donors (Lipinski definition) is 0. The van der Waals surface area contributed by atoms with Crippen LogP contribution < -0.4 is 0 Å². The first-order valence-electron chi connectivity index (χ1n) is 4.73. The molecule has 2 rings (SSSR count). The van der Waals surface area contributed by atoms with Crippen LogP contribution in [0, 0.1) is 6.92 Å². The van der Waals surface area contributed by atoms with Crippen molar-refractivity contribution in [2.75, 3.05) is 0 Å². The quantitative estimate of drug-likeness (QED) is 0.683. The monoisotopic (exact) mass is 178 g/mol. The van der Waals surface area contributed by atoms with Crippen molar-refractivity contribution in [1.29, 1.82) is 0 Å². The summed E-state index contributed by atoms with van der Waals surface area (Å²) in [4.78, 5) is 15.5. The van der Waals surface area contributed by atoms with Gasteiger partial charge in [0.15, 0.2) is 0 Å². The Morgan fingerprint density at radius 1 is 1.62 bits per heavy atom. The number of carbonyl (C=O) groups excluding carboxylic acids is 1. The molecule has 70 valence electrons. The Kier molecular flexibility index (Phi) is 1.94. The Balaban J connectivity index is 2.38. The fraction of sp³-hybridized carbons (Fsp3) is 0.600. The van der Waals surface area contributed by atoms with Gasteiger partial charge in [0, 0.05) is 25.1 Å². The first kappa shape index (κ1) is 8.48. The Morgan fingerprint density at radius 2 is 2.38 bits per heavy atom. The first-order chi connectivity index (χ1) is 6.18. The van der Waals surface area contributed by atoms with Gasteiger partial charge in [-0.15, -0.1) is 0 Å². The van der Waals surface area contributed by atoms with Crippen LogP contribution in [0.5, 0.6) is 0 Å².